The van der Waals surface area contributed by atoms with Gasteiger partial charge in [-0.15, -0.1) is 12.4 Å². The van der Waals surface area contributed by atoms with E-state index in [-0.39, 0.29) is 23.2 Å². The monoisotopic (exact) mass is 425 g/mol. The van der Waals surface area contributed by atoms with Gasteiger partial charge in [0, 0.05) is 5.69 Å². The number of ether oxygens (including phenoxy) is 1. The Morgan fingerprint density at radius 1 is 0.929 bits per heavy atom. The van der Waals surface area contributed by atoms with Crippen LogP contribution in [0.15, 0.2) is 53.4 Å². The third kappa shape index (κ3) is 5.45. The molecule has 2 aromatic rings. The van der Waals surface area contributed by atoms with E-state index in [9.17, 15) is 13.2 Å². The summed E-state index contributed by atoms with van der Waals surface area (Å²) in [6.07, 6.45) is 4.47. The minimum Gasteiger partial charge on any atom is -0.457 e. The van der Waals surface area contributed by atoms with Gasteiger partial charge in [0.15, 0.2) is 0 Å². The zero-order chi connectivity index (χ0) is 19.5. The zero-order valence-electron chi connectivity index (χ0n) is 15.3. The van der Waals surface area contributed by atoms with Crippen LogP contribution < -0.4 is 20.9 Å². The van der Waals surface area contributed by atoms with Crippen LogP contribution in [0.25, 0.3) is 0 Å². The molecule has 0 unspecified atom stereocenters. The summed E-state index contributed by atoms with van der Waals surface area (Å²) in [4.78, 5) is 12.5. The Labute approximate surface area is 170 Å². The first-order chi connectivity index (χ1) is 12.8. The molecule has 9 heteroatoms. The highest BCUT2D eigenvalue weighted by Crippen LogP contribution is 2.28. The van der Waals surface area contributed by atoms with E-state index >= 15 is 0 Å². The van der Waals surface area contributed by atoms with Gasteiger partial charge in [-0.2, -0.15) is 0 Å². The number of benzene rings is 2. The Bertz CT molecular complexity index is 909. The Morgan fingerprint density at radius 2 is 1.43 bits per heavy atom. The van der Waals surface area contributed by atoms with Crippen LogP contribution in [0.1, 0.15) is 32.1 Å². The second-order valence-corrected chi connectivity index (χ2v) is 8.38. The fraction of sp³-hybridized carbons (Fsp3) is 0.316. The van der Waals surface area contributed by atoms with Gasteiger partial charge in [0.25, 0.3) is 0 Å². The summed E-state index contributed by atoms with van der Waals surface area (Å²) in [5.74, 6) is 0.869. The molecule has 7 nitrogen and oxygen atoms in total. The maximum atomic E-state index is 12.5. The molecule has 0 saturated heterocycles. The topological polar surface area (TPSA) is 125 Å². The van der Waals surface area contributed by atoms with Crippen LogP contribution in [0.5, 0.6) is 11.5 Å². The number of nitrogens with two attached hydrogens (primary N) is 2. The minimum absolute atomic E-state index is 0. The lowest BCUT2D eigenvalue weighted by molar-refractivity contribution is -0.122. The van der Waals surface area contributed by atoms with E-state index in [2.05, 4.69) is 5.32 Å². The van der Waals surface area contributed by atoms with Gasteiger partial charge in [0.2, 0.25) is 15.9 Å². The number of hydrogen-bond donors (Lipinski definition) is 3. The summed E-state index contributed by atoms with van der Waals surface area (Å²) in [5.41, 5.74) is 6.09. The molecule has 0 atom stereocenters. The summed E-state index contributed by atoms with van der Waals surface area (Å²) in [7, 11) is -3.73. The normalized spacial score (nSPS) is 15.9. The first-order valence-electron chi connectivity index (χ1n) is 8.77. The van der Waals surface area contributed by atoms with E-state index in [1.54, 1.807) is 24.3 Å². The van der Waals surface area contributed by atoms with Gasteiger partial charge in [0.1, 0.15) is 11.5 Å². The highest BCUT2D eigenvalue weighted by molar-refractivity contribution is 7.89. The van der Waals surface area contributed by atoms with Gasteiger partial charge in [-0.25, -0.2) is 13.6 Å². The number of carbonyl (C=O) groups excluding carboxylic acids is 1. The summed E-state index contributed by atoms with van der Waals surface area (Å²) in [5, 5.41) is 7.93. The van der Waals surface area contributed by atoms with Crippen molar-refractivity contribution in [3.05, 3.63) is 48.5 Å². The quantitative estimate of drug-likeness (QED) is 0.678. The number of sulfonamides is 1. The SMILES string of the molecule is Cl.NC1(C(=O)Nc2ccc(Oc3ccc(S(N)(=O)=O)cc3)cc2)CCCCC1. The van der Waals surface area contributed by atoms with Crippen molar-refractivity contribution in [2.75, 3.05) is 5.32 Å². The number of nitrogens with one attached hydrogen (secondary N) is 1. The number of hydrogen-bond acceptors (Lipinski definition) is 5. The molecule has 1 saturated carbocycles. The lowest BCUT2D eigenvalue weighted by Crippen LogP contribution is -2.52. The van der Waals surface area contributed by atoms with E-state index in [1.807, 2.05) is 0 Å². The van der Waals surface area contributed by atoms with Crippen LogP contribution in [-0.2, 0) is 14.8 Å². The smallest absolute Gasteiger partial charge is 0.244 e. The lowest BCUT2D eigenvalue weighted by Gasteiger charge is -2.31. The van der Waals surface area contributed by atoms with Crippen LogP contribution in [0.4, 0.5) is 5.69 Å². The van der Waals surface area contributed by atoms with Gasteiger partial charge < -0.3 is 15.8 Å². The largest absolute Gasteiger partial charge is 0.457 e. The number of carbonyl (C=O) groups is 1. The van der Waals surface area contributed by atoms with Crippen molar-refractivity contribution in [1.29, 1.82) is 0 Å². The van der Waals surface area contributed by atoms with Crippen LogP contribution in [0, 0.1) is 0 Å². The maximum absolute atomic E-state index is 12.5. The van der Waals surface area contributed by atoms with E-state index in [0.717, 1.165) is 19.3 Å². The predicted molar refractivity (Wildman–Crippen MR) is 110 cm³/mol. The summed E-state index contributed by atoms with van der Waals surface area (Å²) in [6, 6.07) is 12.7. The van der Waals surface area contributed by atoms with E-state index in [1.165, 1.54) is 24.3 Å². The molecule has 0 bridgehead atoms. The molecule has 0 aliphatic heterocycles. The number of rotatable bonds is 5. The highest BCUT2D eigenvalue weighted by atomic mass is 35.5. The van der Waals surface area contributed by atoms with Gasteiger partial charge >= 0.3 is 0 Å². The Morgan fingerprint density at radius 3 is 1.93 bits per heavy atom. The number of halogens is 1. The maximum Gasteiger partial charge on any atom is 0.244 e. The van der Waals surface area contributed by atoms with E-state index in [4.69, 9.17) is 15.6 Å². The molecule has 0 radical (unpaired) electrons. The van der Waals surface area contributed by atoms with Crippen molar-refractivity contribution in [2.24, 2.45) is 10.9 Å². The number of anilines is 1. The number of amides is 1. The average molecular weight is 426 g/mol. The fourth-order valence-electron chi connectivity index (χ4n) is 3.11. The first-order valence-corrected chi connectivity index (χ1v) is 10.3. The van der Waals surface area contributed by atoms with E-state index < -0.39 is 15.6 Å². The van der Waals surface area contributed by atoms with Gasteiger partial charge in [-0.05, 0) is 61.4 Å². The Hall–Kier alpha value is -2.13. The zero-order valence-corrected chi connectivity index (χ0v) is 16.9. The van der Waals surface area contributed by atoms with E-state index in [0.29, 0.717) is 30.0 Å². The lowest BCUT2D eigenvalue weighted by atomic mass is 9.82. The van der Waals surface area contributed by atoms with Crippen LogP contribution >= 0.6 is 12.4 Å². The molecule has 1 amide bonds. The third-order valence-electron chi connectivity index (χ3n) is 4.70. The Kier molecular flexibility index (Phi) is 7.06. The van der Waals surface area contributed by atoms with Crippen LogP contribution in [-0.4, -0.2) is 19.9 Å². The van der Waals surface area contributed by atoms with Gasteiger partial charge in [-0.3, -0.25) is 4.79 Å². The summed E-state index contributed by atoms with van der Waals surface area (Å²) < 4.78 is 28.2. The second-order valence-electron chi connectivity index (χ2n) is 6.81. The molecule has 2 aromatic carbocycles. The molecule has 1 aliphatic rings. The molecule has 1 fully saturated rings. The minimum atomic E-state index is -3.73. The first kappa shape index (κ1) is 22.2. The van der Waals surface area contributed by atoms with Crippen LogP contribution in [0.2, 0.25) is 0 Å². The molecule has 3 rings (SSSR count). The molecular formula is C19H24ClN3O4S. The van der Waals surface area contributed by atoms with Gasteiger partial charge in [-0.1, -0.05) is 19.3 Å². The average Bonchev–Trinajstić information content (AvgIpc) is 2.64. The van der Waals surface area contributed by atoms with Gasteiger partial charge in [0.05, 0.1) is 10.4 Å². The summed E-state index contributed by atoms with van der Waals surface area (Å²) >= 11 is 0. The van der Waals surface area contributed by atoms with Crippen LogP contribution in [0.3, 0.4) is 0 Å². The molecule has 1 aliphatic carbocycles. The van der Waals surface area contributed by atoms with Crippen molar-refractivity contribution in [3.63, 3.8) is 0 Å². The van der Waals surface area contributed by atoms with Crippen molar-refractivity contribution >= 4 is 34.0 Å². The van der Waals surface area contributed by atoms with Crippen molar-refractivity contribution in [1.82, 2.24) is 0 Å². The Balaban J connectivity index is 0.00000280. The van der Waals surface area contributed by atoms with Crippen molar-refractivity contribution in [2.45, 2.75) is 42.5 Å². The second kappa shape index (κ2) is 8.91. The molecular weight excluding hydrogens is 402 g/mol. The molecule has 152 valence electrons. The predicted octanol–water partition coefficient (Wildman–Crippen LogP) is 3.15. The van der Waals surface area contributed by atoms with Crippen molar-refractivity contribution < 1.29 is 17.9 Å². The highest BCUT2D eigenvalue weighted by Gasteiger charge is 2.35. The molecule has 0 spiro atoms. The molecule has 0 heterocycles. The molecule has 0 aromatic heterocycles. The molecule has 28 heavy (non-hydrogen) atoms. The fourth-order valence-corrected chi connectivity index (χ4v) is 3.62. The summed E-state index contributed by atoms with van der Waals surface area (Å²) in [6.45, 7) is 0. The number of primary sulfonamides is 1. The molecule has 5 N–H and O–H groups in total. The standard InChI is InChI=1S/C19H23N3O4S.ClH/c20-19(12-2-1-3-13-19)18(23)22-14-4-6-15(7-5-14)26-16-8-10-17(11-9-16)27(21,24)25;/h4-11H,1-3,12-13,20H2,(H,22,23)(H2,21,24,25);1H. The third-order valence-corrected chi connectivity index (χ3v) is 5.63. The van der Waals surface area contributed by atoms with Crippen molar-refractivity contribution in [3.8, 4) is 11.5 Å².